The molecule has 2 aromatic heterocycles. The normalized spacial score (nSPS) is 11.2. The number of anilines is 1. The molecular formula is C19H22N4O4. The number of benzene rings is 1. The molecule has 3 aromatic rings. The minimum absolute atomic E-state index is 0.252. The second-order valence-corrected chi connectivity index (χ2v) is 6.54. The molecule has 0 unspecified atom stereocenters. The first-order valence-corrected chi connectivity index (χ1v) is 8.64. The summed E-state index contributed by atoms with van der Waals surface area (Å²) in [6.45, 7) is 1.44. The topological polar surface area (TPSA) is 91.8 Å². The van der Waals surface area contributed by atoms with Crippen LogP contribution in [0.15, 0.2) is 51.8 Å². The van der Waals surface area contributed by atoms with Crippen molar-refractivity contribution in [3.63, 3.8) is 0 Å². The molecule has 0 spiro atoms. The number of carbonyl (C=O) groups is 1. The second-order valence-electron chi connectivity index (χ2n) is 6.54. The molecule has 0 fully saturated rings. The maximum absolute atomic E-state index is 12.1. The lowest BCUT2D eigenvalue weighted by molar-refractivity contribution is 0.201. The molecule has 0 bridgehead atoms. The molecule has 3 rings (SSSR count). The second kappa shape index (κ2) is 8.05. The Morgan fingerprint density at radius 3 is 2.78 bits per heavy atom. The third-order valence-corrected chi connectivity index (χ3v) is 4.21. The summed E-state index contributed by atoms with van der Waals surface area (Å²) in [5.74, 6) is -0.491. The largest absolute Gasteiger partial charge is 0.465 e. The van der Waals surface area contributed by atoms with Crippen molar-refractivity contribution in [3.05, 3.63) is 58.7 Å². The SMILES string of the molecule is CN(C)CCCN(C(=O)O)c1cccc(Cn2c(=O)oc3cccnc32)c1. The number of amides is 1. The van der Waals surface area contributed by atoms with E-state index in [2.05, 4.69) is 4.98 Å². The van der Waals surface area contributed by atoms with Crippen LogP contribution in [0.5, 0.6) is 0 Å². The number of carboxylic acid groups (broad SMARTS) is 1. The molecule has 0 aliphatic carbocycles. The molecule has 8 heteroatoms. The fraction of sp³-hybridized carbons (Fsp3) is 0.316. The van der Waals surface area contributed by atoms with Crippen LogP contribution in [0.4, 0.5) is 10.5 Å². The minimum Gasteiger partial charge on any atom is -0.465 e. The van der Waals surface area contributed by atoms with Crippen molar-refractivity contribution in [1.82, 2.24) is 14.5 Å². The first-order chi connectivity index (χ1) is 13.0. The lowest BCUT2D eigenvalue weighted by atomic mass is 10.2. The Kier molecular flexibility index (Phi) is 5.56. The van der Waals surface area contributed by atoms with E-state index in [0.29, 0.717) is 23.5 Å². The van der Waals surface area contributed by atoms with Gasteiger partial charge in [0.15, 0.2) is 11.2 Å². The van der Waals surface area contributed by atoms with Crippen LogP contribution in [0.25, 0.3) is 11.2 Å². The van der Waals surface area contributed by atoms with Crippen molar-refractivity contribution < 1.29 is 14.3 Å². The number of rotatable bonds is 7. The highest BCUT2D eigenvalue weighted by atomic mass is 16.4. The van der Waals surface area contributed by atoms with Crippen molar-refractivity contribution in [1.29, 1.82) is 0 Å². The van der Waals surface area contributed by atoms with Gasteiger partial charge in [-0.25, -0.2) is 14.6 Å². The summed E-state index contributed by atoms with van der Waals surface area (Å²) in [6, 6.07) is 10.5. The summed E-state index contributed by atoms with van der Waals surface area (Å²) >= 11 is 0. The van der Waals surface area contributed by atoms with Crippen molar-refractivity contribution in [2.45, 2.75) is 13.0 Å². The molecule has 142 valence electrons. The van der Waals surface area contributed by atoms with E-state index in [9.17, 15) is 14.7 Å². The third-order valence-electron chi connectivity index (χ3n) is 4.21. The fourth-order valence-electron chi connectivity index (χ4n) is 2.93. The third kappa shape index (κ3) is 4.35. The van der Waals surface area contributed by atoms with E-state index in [-0.39, 0.29) is 6.54 Å². The van der Waals surface area contributed by atoms with Crippen LogP contribution < -0.4 is 10.7 Å². The summed E-state index contributed by atoms with van der Waals surface area (Å²) in [5, 5.41) is 9.56. The van der Waals surface area contributed by atoms with E-state index in [4.69, 9.17) is 4.42 Å². The molecule has 1 amide bonds. The number of pyridine rings is 1. The van der Waals surface area contributed by atoms with Gasteiger partial charge in [0.2, 0.25) is 0 Å². The summed E-state index contributed by atoms with van der Waals surface area (Å²) in [6.07, 6.45) is 1.32. The highest BCUT2D eigenvalue weighted by molar-refractivity contribution is 5.86. The maximum atomic E-state index is 12.1. The molecule has 2 heterocycles. The van der Waals surface area contributed by atoms with Crippen LogP contribution in [-0.4, -0.2) is 52.8 Å². The lowest BCUT2D eigenvalue weighted by Gasteiger charge is -2.21. The highest BCUT2D eigenvalue weighted by Crippen LogP contribution is 2.19. The van der Waals surface area contributed by atoms with Crippen molar-refractivity contribution in [2.24, 2.45) is 0 Å². The van der Waals surface area contributed by atoms with E-state index in [1.165, 1.54) is 9.47 Å². The summed E-state index contributed by atoms with van der Waals surface area (Å²) in [4.78, 5) is 31.3. The predicted octanol–water partition coefficient (Wildman–Crippen LogP) is 2.47. The average Bonchev–Trinajstić information content (AvgIpc) is 2.94. The molecule has 0 aliphatic heterocycles. The van der Waals surface area contributed by atoms with Gasteiger partial charge in [0.05, 0.1) is 6.54 Å². The first kappa shape index (κ1) is 18.7. The number of oxazole rings is 1. The van der Waals surface area contributed by atoms with E-state index in [0.717, 1.165) is 18.5 Å². The van der Waals surface area contributed by atoms with Crippen LogP contribution in [0, 0.1) is 0 Å². The number of aromatic nitrogens is 2. The Bertz CT molecular complexity index is 993. The quantitative estimate of drug-likeness (QED) is 0.687. The van der Waals surface area contributed by atoms with Crippen LogP contribution in [0.1, 0.15) is 12.0 Å². The number of nitrogens with zero attached hydrogens (tertiary/aromatic N) is 4. The van der Waals surface area contributed by atoms with Gasteiger partial charge >= 0.3 is 11.8 Å². The molecule has 0 saturated carbocycles. The first-order valence-electron chi connectivity index (χ1n) is 8.64. The molecule has 0 atom stereocenters. The van der Waals surface area contributed by atoms with Crippen molar-refractivity contribution in [2.75, 3.05) is 32.1 Å². The monoisotopic (exact) mass is 370 g/mol. The fourth-order valence-corrected chi connectivity index (χ4v) is 2.93. The standard InChI is InChI=1S/C19H22N4O4/c1-21(2)10-5-11-22(18(24)25)15-7-3-6-14(12-15)13-23-17-16(27-19(23)26)8-4-9-20-17/h3-4,6-9,12H,5,10-11,13H2,1-2H3,(H,24,25). The van der Waals surface area contributed by atoms with E-state index >= 15 is 0 Å². The predicted molar refractivity (Wildman–Crippen MR) is 102 cm³/mol. The molecular weight excluding hydrogens is 348 g/mol. The number of hydrogen-bond donors (Lipinski definition) is 1. The Morgan fingerprint density at radius 2 is 2.04 bits per heavy atom. The zero-order valence-electron chi connectivity index (χ0n) is 15.3. The molecule has 8 nitrogen and oxygen atoms in total. The van der Waals surface area contributed by atoms with Crippen LogP contribution in [0.3, 0.4) is 0 Å². The van der Waals surface area contributed by atoms with Gasteiger partial charge < -0.3 is 14.4 Å². The van der Waals surface area contributed by atoms with Crippen molar-refractivity contribution in [3.8, 4) is 0 Å². The zero-order valence-corrected chi connectivity index (χ0v) is 15.3. The Labute approximate surface area is 156 Å². The molecule has 0 saturated heterocycles. The molecule has 0 aliphatic rings. The van der Waals surface area contributed by atoms with Gasteiger partial charge in [-0.05, 0) is 56.9 Å². The van der Waals surface area contributed by atoms with E-state index in [1.807, 2.05) is 25.1 Å². The van der Waals surface area contributed by atoms with Gasteiger partial charge in [0, 0.05) is 18.4 Å². The van der Waals surface area contributed by atoms with Crippen LogP contribution >= 0.6 is 0 Å². The van der Waals surface area contributed by atoms with Gasteiger partial charge in [-0.3, -0.25) is 9.47 Å². The molecule has 1 N–H and O–H groups in total. The maximum Gasteiger partial charge on any atom is 0.421 e. The van der Waals surface area contributed by atoms with Gasteiger partial charge in [-0.15, -0.1) is 0 Å². The van der Waals surface area contributed by atoms with Gasteiger partial charge in [0.1, 0.15) is 0 Å². The van der Waals surface area contributed by atoms with Crippen LogP contribution in [-0.2, 0) is 6.54 Å². The molecule has 1 aromatic carbocycles. The Morgan fingerprint density at radius 1 is 1.22 bits per heavy atom. The van der Waals surface area contributed by atoms with Gasteiger partial charge in [-0.1, -0.05) is 12.1 Å². The average molecular weight is 370 g/mol. The Balaban J connectivity index is 1.84. The minimum atomic E-state index is -1.00. The van der Waals surface area contributed by atoms with E-state index in [1.54, 1.807) is 36.5 Å². The molecule has 0 radical (unpaired) electrons. The van der Waals surface area contributed by atoms with Gasteiger partial charge in [-0.2, -0.15) is 0 Å². The van der Waals surface area contributed by atoms with Crippen LogP contribution in [0.2, 0.25) is 0 Å². The molecule has 27 heavy (non-hydrogen) atoms. The van der Waals surface area contributed by atoms with Gasteiger partial charge in [0.25, 0.3) is 0 Å². The number of hydrogen-bond acceptors (Lipinski definition) is 5. The lowest BCUT2D eigenvalue weighted by Crippen LogP contribution is -2.32. The highest BCUT2D eigenvalue weighted by Gasteiger charge is 2.16. The zero-order chi connectivity index (χ0) is 19.4. The van der Waals surface area contributed by atoms with Crippen molar-refractivity contribution >= 4 is 23.0 Å². The van der Waals surface area contributed by atoms with E-state index < -0.39 is 11.8 Å². The smallest absolute Gasteiger partial charge is 0.421 e. The summed E-state index contributed by atoms with van der Waals surface area (Å²) in [7, 11) is 3.90. The Hall–Kier alpha value is -3.13. The summed E-state index contributed by atoms with van der Waals surface area (Å²) < 4.78 is 6.63. The number of fused-ring (bicyclic) bond motifs is 1. The summed E-state index contributed by atoms with van der Waals surface area (Å²) in [5.41, 5.74) is 2.26.